The summed E-state index contributed by atoms with van der Waals surface area (Å²) in [6, 6.07) is 1.67. The summed E-state index contributed by atoms with van der Waals surface area (Å²) >= 11 is 0. The highest BCUT2D eigenvalue weighted by Crippen LogP contribution is 2.27. The van der Waals surface area contributed by atoms with Crippen molar-refractivity contribution in [3.8, 4) is 0 Å². The fraction of sp³-hybridized carbons (Fsp3) is 0.364. The van der Waals surface area contributed by atoms with Gasteiger partial charge in [-0.3, -0.25) is 0 Å². The minimum absolute atomic E-state index is 0.0551. The molecule has 0 heterocycles. The lowest BCUT2D eigenvalue weighted by Crippen LogP contribution is -2.30. The molecule has 0 saturated carbocycles. The molecule has 2 unspecified atom stereocenters. The number of aromatic carboxylic acids is 1. The van der Waals surface area contributed by atoms with Crippen molar-refractivity contribution in [2.75, 3.05) is 19.3 Å². The van der Waals surface area contributed by atoms with Crippen molar-refractivity contribution in [2.45, 2.75) is 12.2 Å². The lowest BCUT2D eigenvalue weighted by molar-refractivity contribution is 0.0204. The fourth-order valence-electron chi connectivity index (χ4n) is 1.59. The Hall–Kier alpha value is -1.70. The number of halogens is 1. The maximum atomic E-state index is 13.3. The second-order valence-electron chi connectivity index (χ2n) is 3.83. The predicted molar refractivity (Wildman–Crippen MR) is 62.7 cm³/mol. The van der Waals surface area contributed by atoms with E-state index in [9.17, 15) is 19.4 Å². The summed E-state index contributed by atoms with van der Waals surface area (Å²) in [7, 11) is 1.56. The van der Waals surface area contributed by atoms with Crippen molar-refractivity contribution in [1.29, 1.82) is 0 Å². The number of benzene rings is 1. The van der Waals surface area contributed by atoms with Crippen LogP contribution in [-0.4, -0.2) is 41.0 Å². The highest BCUT2D eigenvalue weighted by atomic mass is 19.1. The van der Waals surface area contributed by atoms with E-state index in [4.69, 9.17) is 10.8 Å². The Morgan fingerprint density at radius 3 is 2.61 bits per heavy atom. The van der Waals surface area contributed by atoms with Gasteiger partial charge in [-0.05, 0) is 19.2 Å². The van der Waals surface area contributed by atoms with Crippen LogP contribution in [0, 0.1) is 5.82 Å². The molecular formula is C11H15FN2O4. The number of nitrogens with one attached hydrogen (secondary N) is 1. The molecule has 0 bridgehead atoms. The Kier molecular flexibility index (Phi) is 4.60. The summed E-state index contributed by atoms with van der Waals surface area (Å²) in [5.74, 6) is -2.24. The van der Waals surface area contributed by atoms with Gasteiger partial charge in [0.1, 0.15) is 11.9 Å². The number of rotatable bonds is 5. The number of carbonyl (C=O) groups is 1. The summed E-state index contributed by atoms with van der Waals surface area (Å²) < 4.78 is 13.3. The highest BCUT2D eigenvalue weighted by Gasteiger charge is 2.24. The van der Waals surface area contributed by atoms with Crippen LogP contribution in [0.3, 0.4) is 0 Å². The number of hydrogen-bond donors (Lipinski definition) is 5. The summed E-state index contributed by atoms with van der Waals surface area (Å²) in [4.78, 5) is 10.8. The number of nitrogens with two attached hydrogens (primary N) is 1. The number of carboxylic acids is 1. The van der Waals surface area contributed by atoms with E-state index in [1.807, 2.05) is 0 Å². The van der Waals surface area contributed by atoms with Crippen LogP contribution in [0.25, 0.3) is 0 Å². The van der Waals surface area contributed by atoms with Gasteiger partial charge in [-0.2, -0.15) is 0 Å². The van der Waals surface area contributed by atoms with E-state index in [1.54, 1.807) is 7.05 Å². The molecule has 0 fully saturated rings. The van der Waals surface area contributed by atoms with Gasteiger partial charge in [0.2, 0.25) is 0 Å². The molecule has 7 heteroatoms. The molecule has 6 N–H and O–H groups in total. The predicted octanol–water partition coefficient (Wildman–Crippen LogP) is -0.280. The molecule has 6 nitrogen and oxygen atoms in total. The van der Waals surface area contributed by atoms with Crippen molar-refractivity contribution in [1.82, 2.24) is 5.32 Å². The molecular weight excluding hydrogens is 243 g/mol. The molecule has 0 spiro atoms. The maximum absolute atomic E-state index is 13.3. The molecule has 1 aromatic carbocycles. The van der Waals surface area contributed by atoms with Gasteiger partial charge in [0.15, 0.2) is 0 Å². The van der Waals surface area contributed by atoms with Gasteiger partial charge in [0.05, 0.1) is 17.4 Å². The van der Waals surface area contributed by atoms with Crippen molar-refractivity contribution in [2.24, 2.45) is 0 Å². The van der Waals surface area contributed by atoms with E-state index in [0.717, 1.165) is 12.1 Å². The van der Waals surface area contributed by atoms with Crippen molar-refractivity contribution < 1.29 is 24.5 Å². The average molecular weight is 258 g/mol. The zero-order valence-electron chi connectivity index (χ0n) is 9.72. The van der Waals surface area contributed by atoms with Gasteiger partial charge in [0, 0.05) is 12.1 Å². The topological polar surface area (TPSA) is 116 Å². The van der Waals surface area contributed by atoms with Crippen LogP contribution in [0.1, 0.15) is 22.0 Å². The molecule has 0 aromatic heterocycles. The normalized spacial score (nSPS) is 14.2. The van der Waals surface area contributed by atoms with Crippen LogP contribution in [0.15, 0.2) is 12.1 Å². The molecule has 100 valence electrons. The third-order valence-electron chi connectivity index (χ3n) is 2.50. The first-order valence-electron chi connectivity index (χ1n) is 5.21. The van der Waals surface area contributed by atoms with Crippen LogP contribution >= 0.6 is 0 Å². The molecule has 0 amide bonds. The number of carboxylic acid groups (broad SMARTS) is 1. The zero-order chi connectivity index (χ0) is 13.9. The lowest BCUT2D eigenvalue weighted by Gasteiger charge is -2.20. The smallest absolute Gasteiger partial charge is 0.337 e. The Balaban J connectivity index is 3.19. The first-order valence-corrected chi connectivity index (χ1v) is 5.21. The van der Waals surface area contributed by atoms with E-state index >= 15 is 0 Å². The molecule has 2 atom stereocenters. The van der Waals surface area contributed by atoms with E-state index in [2.05, 4.69) is 5.32 Å². The number of likely N-dealkylation sites (N-methyl/N-ethyl adjacent to an activating group) is 1. The number of aliphatic hydroxyl groups excluding tert-OH is 2. The fourth-order valence-corrected chi connectivity index (χ4v) is 1.59. The SMILES string of the molecule is CNCC(O)C(O)c1cc(F)cc(C(=O)O)c1N. The zero-order valence-corrected chi connectivity index (χ0v) is 9.72. The van der Waals surface area contributed by atoms with Crippen molar-refractivity contribution in [3.63, 3.8) is 0 Å². The summed E-state index contributed by atoms with van der Waals surface area (Å²) in [6.07, 6.45) is -2.69. The third kappa shape index (κ3) is 2.95. The molecule has 1 rings (SSSR count). The summed E-state index contributed by atoms with van der Waals surface area (Å²) in [5.41, 5.74) is 4.70. The van der Waals surface area contributed by atoms with Crippen LogP contribution < -0.4 is 11.1 Å². The summed E-state index contributed by atoms with van der Waals surface area (Å²) in [6.45, 7) is 0.0551. The lowest BCUT2D eigenvalue weighted by atomic mass is 9.99. The first-order chi connectivity index (χ1) is 8.38. The van der Waals surface area contributed by atoms with Crippen molar-refractivity contribution >= 4 is 11.7 Å². The Morgan fingerprint density at radius 2 is 2.11 bits per heavy atom. The van der Waals surface area contributed by atoms with Gasteiger partial charge in [0.25, 0.3) is 0 Å². The average Bonchev–Trinajstić information content (AvgIpc) is 2.30. The number of anilines is 1. The van der Waals surface area contributed by atoms with Crippen LogP contribution in [0.5, 0.6) is 0 Å². The van der Waals surface area contributed by atoms with Gasteiger partial charge in [-0.15, -0.1) is 0 Å². The molecule has 0 aliphatic rings. The van der Waals surface area contributed by atoms with Gasteiger partial charge in [-0.25, -0.2) is 9.18 Å². The van der Waals surface area contributed by atoms with Gasteiger partial charge in [-0.1, -0.05) is 0 Å². The standard InChI is InChI=1S/C11H15FN2O4/c1-14-4-8(15)10(16)6-2-5(12)3-7(9(6)13)11(17)18/h2-3,8,10,14-16H,4,13H2,1H3,(H,17,18). The Bertz CT molecular complexity index is 453. The molecule has 18 heavy (non-hydrogen) atoms. The van der Waals surface area contributed by atoms with Crippen LogP contribution in [-0.2, 0) is 0 Å². The number of nitrogen functional groups attached to an aromatic ring is 1. The second-order valence-corrected chi connectivity index (χ2v) is 3.83. The van der Waals surface area contributed by atoms with E-state index in [0.29, 0.717) is 0 Å². The number of hydrogen-bond acceptors (Lipinski definition) is 5. The minimum atomic E-state index is -1.47. The molecule has 0 aliphatic carbocycles. The molecule has 1 aromatic rings. The Labute approximate surface area is 103 Å². The monoisotopic (exact) mass is 258 g/mol. The van der Waals surface area contributed by atoms with E-state index in [1.165, 1.54) is 0 Å². The molecule has 0 radical (unpaired) electrons. The molecule has 0 saturated heterocycles. The largest absolute Gasteiger partial charge is 0.478 e. The quantitative estimate of drug-likeness (QED) is 0.464. The van der Waals surface area contributed by atoms with Gasteiger partial charge < -0.3 is 26.4 Å². The first kappa shape index (κ1) is 14.4. The second kappa shape index (κ2) is 5.76. The minimum Gasteiger partial charge on any atom is -0.478 e. The summed E-state index contributed by atoms with van der Waals surface area (Å²) in [5, 5.41) is 30.8. The van der Waals surface area contributed by atoms with E-state index < -0.39 is 29.6 Å². The highest BCUT2D eigenvalue weighted by molar-refractivity contribution is 5.94. The van der Waals surface area contributed by atoms with Crippen LogP contribution in [0.4, 0.5) is 10.1 Å². The Morgan fingerprint density at radius 1 is 1.50 bits per heavy atom. The maximum Gasteiger partial charge on any atom is 0.337 e. The van der Waals surface area contributed by atoms with Crippen molar-refractivity contribution in [3.05, 3.63) is 29.1 Å². The van der Waals surface area contributed by atoms with E-state index in [-0.39, 0.29) is 17.8 Å². The number of aliphatic hydroxyl groups is 2. The van der Waals surface area contributed by atoms with Crippen LogP contribution in [0.2, 0.25) is 0 Å². The molecule has 0 aliphatic heterocycles. The van der Waals surface area contributed by atoms with Gasteiger partial charge >= 0.3 is 5.97 Å². The third-order valence-corrected chi connectivity index (χ3v) is 2.50.